The minimum Gasteiger partial charge on any atom is -0.462 e. The molecule has 0 unspecified atom stereocenters. The highest BCUT2D eigenvalue weighted by atomic mass is 16.5. The highest BCUT2D eigenvalue weighted by Gasteiger charge is 2.19. The Kier molecular flexibility index (Phi) is 4.93. The van der Waals surface area contributed by atoms with Gasteiger partial charge in [-0.1, -0.05) is 0 Å². The molecule has 1 aliphatic heterocycles. The van der Waals surface area contributed by atoms with E-state index in [0.29, 0.717) is 25.4 Å². The molecule has 6 nitrogen and oxygen atoms in total. The van der Waals surface area contributed by atoms with Crippen LogP contribution < -0.4 is 0 Å². The van der Waals surface area contributed by atoms with Crippen LogP contribution >= 0.6 is 0 Å². The third-order valence-corrected chi connectivity index (χ3v) is 3.12. The van der Waals surface area contributed by atoms with E-state index in [4.69, 9.17) is 14.2 Å². The van der Waals surface area contributed by atoms with Gasteiger partial charge in [0.05, 0.1) is 37.8 Å². The first kappa shape index (κ1) is 14.0. The van der Waals surface area contributed by atoms with Gasteiger partial charge in [-0.05, 0) is 19.8 Å². The zero-order valence-corrected chi connectivity index (χ0v) is 11.4. The van der Waals surface area contributed by atoms with Gasteiger partial charge in [0, 0.05) is 13.7 Å². The molecule has 19 heavy (non-hydrogen) atoms. The fraction of sp³-hybridized carbons (Fsp3) is 0.692. The molecular formula is C13H20N2O4. The molecule has 0 bridgehead atoms. The number of nitrogens with zero attached hydrogens (tertiary/aromatic N) is 2. The highest BCUT2D eigenvalue weighted by molar-refractivity contribution is 5.90. The number of hydrogen-bond acceptors (Lipinski definition) is 5. The van der Waals surface area contributed by atoms with Crippen LogP contribution in [0.5, 0.6) is 0 Å². The second-order valence-electron chi connectivity index (χ2n) is 4.50. The molecule has 0 aromatic carbocycles. The van der Waals surface area contributed by atoms with Crippen LogP contribution in [0, 0.1) is 0 Å². The lowest BCUT2D eigenvalue weighted by atomic mass is 10.2. The summed E-state index contributed by atoms with van der Waals surface area (Å²) in [6.45, 7) is 3.83. The average molecular weight is 268 g/mol. The van der Waals surface area contributed by atoms with Crippen LogP contribution in [0.15, 0.2) is 6.20 Å². The van der Waals surface area contributed by atoms with E-state index in [1.54, 1.807) is 18.7 Å². The third kappa shape index (κ3) is 3.54. The van der Waals surface area contributed by atoms with E-state index in [1.165, 1.54) is 6.20 Å². The molecule has 0 spiro atoms. The predicted molar refractivity (Wildman–Crippen MR) is 67.8 cm³/mol. The average Bonchev–Trinajstić information content (AvgIpc) is 3.01. The van der Waals surface area contributed by atoms with Gasteiger partial charge >= 0.3 is 5.97 Å². The molecule has 0 saturated carbocycles. The summed E-state index contributed by atoms with van der Waals surface area (Å²) in [6, 6.07) is 0. The molecule has 6 heteroatoms. The molecule has 0 amide bonds. The molecule has 0 radical (unpaired) electrons. The van der Waals surface area contributed by atoms with Crippen LogP contribution in [-0.4, -0.2) is 41.7 Å². The fourth-order valence-electron chi connectivity index (χ4n) is 2.08. The Hall–Kier alpha value is -1.40. The summed E-state index contributed by atoms with van der Waals surface area (Å²) in [4.78, 5) is 11.7. The summed E-state index contributed by atoms with van der Waals surface area (Å²) >= 11 is 0. The van der Waals surface area contributed by atoms with Crippen molar-refractivity contribution in [1.82, 2.24) is 9.78 Å². The Morgan fingerprint density at radius 2 is 2.47 bits per heavy atom. The number of ether oxygens (including phenoxy) is 3. The minimum atomic E-state index is -0.355. The van der Waals surface area contributed by atoms with Crippen LogP contribution in [0.2, 0.25) is 0 Å². The molecule has 1 fully saturated rings. The summed E-state index contributed by atoms with van der Waals surface area (Å²) in [7, 11) is 1.79. The normalized spacial score (nSPS) is 18.7. The smallest absolute Gasteiger partial charge is 0.341 e. The van der Waals surface area contributed by atoms with Crippen LogP contribution in [0.3, 0.4) is 0 Å². The number of rotatable bonds is 6. The number of aromatic nitrogens is 2. The van der Waals surface area contributed by atoms with Gasteiger partial charge in [-0.3, -0.25) is 4.68 Å². The van der Waals surface area contributed by atoms with Crippen molar-refractivity contribution < 1.29 is 19.0 Å². The van der Waals surface area contributed by atoms with E-state index in [9.17, 15) is 4.79 Å². The minimum absolute atomic E-state index is 0.180. The van der Waals surface area contributed by atoms with E-state index in [1.807, 2.05) is 0 Å². The molecule has 0 N–H and O–H groups in total. The second kappa shape index (κ2) is 6.68. The van der Waals surface area contributed by atoms with Gasteiger partial charge in [0.1, 0.15) is 5.56 Å². The largest absolute Gasteiger partial charge is 0.462 e. The van der Waals surface area contributed by atoms with Crippen molar-refractivity contribution in [3.63, 3.8) is 0 Å². The number of carbonyl (C=O) groups excluding carboxylic acids is 1. The zero-order valence-electron chi connectivity index (χ0n) is 11.4. The standard InChI is InChI=1S/C13H20N2O4/c1-3-18-13(16)11-7-14-15(2)12(11)9-17-8-10-5-4-6-19-10/h7,10H,3-6,8-9H2,1-2H3/t10-/m0/s1. The number of hydrogen-bond donors (Lipinski definition) is 0. The fourth-order valence-corrected chi connectivity index (χ4v) is 2.08. The predicted octanol–water partition coefficient (Wildman–Crippen LogP) is 1.29. The Labute approximate surface area is 112 Å². The topological polar surface area (TPSA) is 62.6 Å². The molecule has 1 aromatic rings. The van der Waals surface area contributed by atoms with Gasteiger partial charge < -0.3 is 14.2 Å². The van der Waals surface area contributed by atoms with E-state index in [2.05, 4.69) is 5.10 Å². The Morgan fingerprint density at radius 1 is 1.63 bits per heavy atom. The molecule has 106 valence electrons. The van der Waals surface area contributed by atoms with Crippen LogP contribution in [0.1, 0.15) is 35.8 Å². The lowest BCUT2D eigenvalue weighted by molar-refractivity contribution is 0.00835. The molecule has 1 atom stereocenters. The first-order valence-corrected chi connectivity index (χ1v) is 6.59. The highest BCUT2D eigenvalue weighted by Crippen LogP contribution is 2.15. The molecule has 1 saturated heterocycles. The first-order valence-electron chi connectivity index (χ1n) is 6.59. The van der Waals surface area contributed by atoms with Crippen LogP contribution in [0.25, 0.3) is 0 Å². The lowest BCUT2D eigenvalue weighted by Crippen LogP contribution is -2.16. The molecular weight excluding hydrogens is 248 g/mol. The number of esters is 1. The third-order valence-electron chi connectivity index (χ3n) is 3.12. The van der Waals surface area contributed by atoms with E-state index >= 15 is 0 Å². The Morgan fingerprint density at radius 3 is 3.16 bits per heavy atom. The maximum Gasteiger partial charge on any atom is 0.341 e. The van der Waals surface area contributed by atoms with Gasteiger partial charge in [-0.2, -0.15) is 5.10 Å². The van der Waals surface area contributed by atoms with E-state index in [-0.39, 0.29) is 12.1 Å². The van der Waals surface area contributed by atoms with Gasteiger partial charge in [0.15, 0.2) is 0 Å². The van der Waals surface area contributed by atoms with Crippen LogP contribution in [-0.2, 0) is 27.9 Å². The van der Waals surface area contributed by atoms with Gasteiger partial charge in [0.25, 0.3) is 0 Å². The van der Waals surface area contributed by atoms with Crippen molar-refractivity contribution in [3.8, 4) is 0 Å². The lowest BCUT2D eigenvalue weighted by Gasteiger charge is -2.11. The van der Waals surface area contributed by atoms with Crippen molar-refractivity contribution in [2.45, 2.75) is 32.5 Å². The number of aryl methyl sites for hydroxylation is 1. The molecule has 0 aliphatic carbocycles. The van der Waals surface area contributed by atoms with E-state index < -0.39 is 0 Å². The molecule has 2 heterocycles. The molecule has 2 rings (SSSR count). The van der Waals surface area contributed by atoms with Crippen molar-refractivity contribution in [2.24, 2.45) is 7.05 Å². The number of carbonyl (C=O) groups is 1. The van der Waals surface area contributed by atoms with Crippen LogP contribution in [0.4, 0.5) is 0 Å². The van der Waals surface area contributed by atoms with Gasteiger partial charge in [-0.15, -0.1) is 0 Å². The Bertz CT molecular complexity index is 424. The Balaban J connectivity index is 1.91. The van der Waals surface area contributed by atoms with Gasteiger partial charge in [-0.25, -0.2) is 4.79 Å². The van der Waals surface area contributed by atoms with E-state index in [0.717, 1.165) is 25.1 Å². The molecule has 1 aliphatic rings. The second-order valence-corrected chi connectivity index (χ2v) is 4.50. The van der Waals surface area contributed by atoms with Crippen molar-refractivity contribution in [1.29, 1.82) is 0 Å². The summed E-state index contributed by atoms with van der Waals surface area (Å²) in [5.74, 6) is -0.355. The van der Waals surface area contributed by atoms with Crippen molar-refractivity contribution >= 4 is 5.97 Å². The van der Waals surface area contributed by atoms with Crippen molar-refractivity contribution in [2.75, 3.05) is 19.8 Å². The maximum absolute atomic E-state index is 11.7. The zero-order chi connectivity index (χ0) is 13.7. The van der Waals surface area contributed by atoms with Gasteiger partial charge in [0.2, 0.25) is 0 Å². The first-order chi connectivity index (χ1) is 9.22. The summed E-state index contributed by atoms with van der Waals surface area (Å²) in [6.07, 6.45) is 3.83. The quantitative estimate of drug-likeness (QED) is 0.728. The summed E-state index contributed by atoms with van der Waals surface area (Å²) in [5.41, 5.74) is 1.20. The maximum atomic E-state index is 11.7. The SMILES string of the molecule is CCOC(=O)c1cnn(C)c1COC[C@@H]1CCCO1. The summed E-state index contributed by atoms with van der Waals surface area (Å²) in [5, 5.41) is 4.07. The molecule has 1 aromatic heterocycles. The monoisotopic (exact) mass is 268 g/mol. The summed E-state index contributed by atoms with van der Waals surface area (Å²) < 4.78 is 17.7. The van der Waals surface area contributed by atoms with Crippen molar-refractivity contribution in [3.05, 3.63) is 17.5 Å².